The van der Waals surface area contributed by atoms with Crippen molar-refractivity contribution in [3.8, 4) is 0 Å². The zero-order valence-corrected chi connectivity index (χ0v) is 15.6. The maximum absolute atomic E-state index is 12.5. The van der Waals surface area contributed by atoms with Crippen molar-refractivity contribution in [1.82, 2.24) is 15.0 Å². The third-order valence-electron chi connectivity index (χ3n) is 4.51. The molecule has 0 saturated heterocycles. The van der Waals surface area contributed by atoms with Crippen molar-refractivity contribution in [2.24, 2.45) is 0 Å². The predicted molar refractivity (Wildman–Crippen MR) is 111 cm³/mol. The SMILES string of the molecule is Cc1cccc(C)c1NC(=O)c1cnc(Nc2cccc3cccnc23)nc1. The van der Waals surface area contributed by atoms with Gasteiger partial charge in [-0.25, -0.2) is 9.97 Å². The summed E-state index contributed by atoms with van der Waals surface area (Å²) in [5.41, 5.74) is 4.88. The molecule has 2 aromatic carbocycles. The summed E-state index contributed by atoms with van der Waals surface area (Å²) in [6, 6.07) is 15.6. The minimum Gasteiger partial charge on any atom is -0.322 e. The normalized spacial score (nSPS) is 10.6. The molecule has 2 aromatic heterocycles. The van der Waals surface area contributed by atoms with Gasteiger partial charge in [0.15, 0.2) is 0 Å². The van der Waals surface area contributed by atoms with E-state index in [0.717, 1.165) is 33.4 Å². The molecule has 28 heavy (non-hydrogen) atoms. The van der Waals surface area contributed by atoms with Crippen LogP contribution in [0.15, 0.2) is 67.1 Å². The number of amides is 1. The Morgan fingerprint density at radius 3 is 2.29 bits per heavy atom. The number of aryl methyl sites for hydroxylation is 2. The van der Waals surface area contributed by atoms with Gasteiger partial charge in [-0.3, -0.25) is 9.78 Å². The van der Waals surface area contributed by atoms with Crippen molar-refractivity contribution in [1.29, 1.82) is 0 Å². The van der Waals surface area contributed by atoms with Crippen molar-refractivity contribution >= 4 is 34.1 Å². The van der Waals surface area contributed by atoms with E-state index in [0.29, 0.717) is 11.5 Å². The summed E-state index contributed by atoms with van der Waals surface area (Å²) in [5.74, 6) is 0.164. The summed E-state index contributed by atoms with van der Waals surface area (Å²) in [6.45, 7) is 3.93. The van der Waals surface area contributed by atoms with Crippen molar-refractivity contribution in [2.45, 2.75) is 13.8 Å². The lowest BCUT2D eigenvalue weighted by molar-refractivity contribution is 0.102. The van der Waals surface area contributed by atoms with Crippen molar-refractivity contribution < 1.29 is 4.79 Å². The van der Waals surface area contributed by atoms with Gasteiger partial charge in [0, 0.05) is 29.7 Å². The number of rotatable bonds is 4. The molecule has 0 aliphatic rings. The van der Waals surface area contributed by atoms with E-state index in [2.05, 4.69) is 25.6 Å². The number of pyridine rings is 1. The van der Waals surface area contributed by atoms with Crippen LogP contribution in [0.5, 0.6) is 0 Å². The molecule has 1 amide bonds. The second-order valence-corrected chi connectivity index (χ2v) is 6.52. The van der Waals surface area contributed by atoms with Crippen LogP contribution in [0.4, 0.5) is 17.3 Å². The molecule has 0 radical (unpaired) electrons. The number of hydrogen-bond acceptors (Lipinski definition) is 5. The molecular formula is C22H19N5O. The molecule has 4 rings (SSSR count). The number of hydrogen-bond donors (Lipinski definition) is 2. The lowest BCUT2D eigenvalue weighted by Crippen LogP contribution is -2.14. The molecule has 4 aromatic rings. The van der Waals surface area contributed by atoms with E-state index in [-0.39, 0.29) is 5.91 Å². The first-order valence-corrected chi connectivity index (χ1v) is 8.92. The molecule has 0 bridgehead atoms. The molecule has 2 heterocycles. The summed E-state index contributed by atoms with van der Waals surface area (Å²) in [7, 11) is 0. The van der Waals surface area contributed by atoms with Gasteiger partial charge in [0.05, 0.1) is 16.8 Å². The number of aromatic nitrogens is 3. The molecule has 0 saturated carbocycles. The van der Waals surface area contributed by atoms with Crippen LogP contribution in [0.1, 0.15) is 21.5 Å². The van der Waals surface area contributed by atoms with Crippen LogP contribution in [0.2, 0.25) is 0 Å². The Labute approximate surface area is 162 Å². The molecule has 0 spiro atoms. The lowest BCUT2D eigenvalue weighted by atomic mass is 10.1. The Morgan fingerprint density at radius 2 is 1.54 bits per heavy atom. The first-order valence-electron chi connectivity index (χ1n) is 8.92. The van der Waals surface area contributed by atoms with Crippen molar-refractivity contribution in [3.05, 3.63) is 83.8 Å². The molecule has 6 nitrogen and oxygen atoms in total. The first-order chi connectivity index (χ1) is 13.6. The average molecular weight is 369 g/mol. The van der Waals surface area contributed by atoms with Crippen LogP contribution < -0.4 is 10.6 Å². The van der Waals surface area contributed by atoms with E-state index in [9.17, 15) is 4.79 Å². The van der Waals surface area contributed by atoms with Gasteiger partial charge in [-0.05, 0) is 37.1 Å². The van der Waals surface area contributed by atoms with Gasteiger partial charge in [-0.1, -0.05) is 36.4 Å². The smallest absolute Gasteiger partial charge is 0.258 e. The highest BCUT2D eigenvalue weighted by atomic mass is 16.1. The number of para-hydroxylation sites is 2. The predicted octanol–water partition coefficient (Wildman–Crippen LogP) is 4.64. The Hall–Kier alpha value is -3.80. The van der Waals surface area contributed by atoms with E-state index >= 15 is 0 Å². The summed E-state index contributed by atoms with van der Waals surface area (Å²) >= 11 is 0. The van der Waals surface area contributed by atoms with Gasteiger partial charge in [-0.2, -0.15) is 0 Å². The molecule has 0 aliphatic carbocycles. The largest absolute Gasteiger partial charge is 0.322 e. The maximum Gasteiger partial charge on any atom is 0.258 e. The molecule has 0 atom stereocenters. The van der Waals surface area contributed by atoms with Crippen LogP contribution in [0, 0.1) is 13.8 Å². The minimum atomic E-state index is -0.240. The first kappa shape index (κ1) is 17.6. The zero-order valence-electron chi connectivity index (χ0n) is 15.6. The van der Waals surface area contributed by atoms with E-state index in [1.807, 2.05) is 62.4 Å². The van der Waals surface area contributed by atoms with E-state index in [1.165, 1.54) is 12.4 Å². The summed E-state index contributed by atoms with van der Waals surface area (Å²) in [4.78, 5) is 25.5. The van der Waals surface area contributed by atoms with Crippen LogP contribution in [-0.4, -0.2) is 20.9 Å². The number of carbonyl (C=O) groups is 1. The molecule has 0 fully saturated rings. The monoisotopic (exact) mass is 369 g/mol. The standard InChI is InChI=1S/C22H19N5O/c1-14-6-3-7-15(2)19(14)27-21(28)17-12-24-22(25-13-17)26-18-10-4-8-16-9-5-11-23-20(16)18/h3-13H,1-2H3,(H,27,28)(H,24,25,26). The van der Waals surface area contributed by atoms with Crippen LogP contribution in [0.25, 0.3) is 10.9 Å². The highest BCUT2D eigenvalue weighted by Gasteiger charge is 2.11. The van der Waals surface area contributed by atoms with Gasteiger partial charge < -0.3 is 10.6 Å². The van der Waals surface area contributed by atoms with Crippen molar-refractivity contribution in [3.63, 3.8) is 0 Å². The van der Waals surface area contributed by atoms with Gasteiger partial charge in [0.25, 0.3) is 5.91 Å². The Balaban J connectivity index is 1.53. The average Bonchev–Trinajstić information content (AvgIpc) is 2.71. The Bertz CT molecular complexity index is 1130. The Morgan fingerprint density at radius 1 is 0.857 bits per heavy atom. The fourth-order valence-corrected chi connectivity index (χ4v) is 3.03. The molecule has 2 N–H and O–H groups in total. The second kappa shape index (κ2) is 7.44. The fraction of sp³-hybridized carbons (Fsp3) is 0.0909. The van der Waals surface area contributed by atoms with Crippen molar-refractivity contribution in [2.75, 3.05) is 10.6 Å². The third kappa shape index (κ3) is 3.53. The highest BCUT2D eigenvalue weighted by molar-refractivity contribution is 6.04. The summed E-state index contributed by atoms with van der Waals surface area (Å²) in [6.07, 6.45) is 4.77. The minimum absolute atomic E-state index is 0.240. The number of fused-ring (bicyclic) bond motifs is 1. The molecule has 6 heteroatoms. The summed E-state index contributed by atoms with van der Waals surface area (Å²) in [5, 5.41) is 7.13. The number of nitrogens with zero attached hydrogens (tertiary/aromatic N) is 3. The Kier molecular flexibility index (Phi) is 4.68. The highest BCUT2D eigenvalue weighted by Crippen LogP contribution is 2.23. The van der Waals surface area contributed by atoms with Gasteiger partial charge in [-0.15, -0.1) is 0 Å². The number of nitrogens with one attached hydrogen (secondary N) is 2. The molecular weight excluding hydrogens is 350 g/mol. The van der Waals surface area contributed by atoms with Gasteiger partial charge >= 0.3 is 0 Å². The molecule has 0 aliphatic heterocycles. The number of benzene rings is 2. The van der Waals surface area contributed by atoms with Gasteiger partial charge in [0.1, 0.15) is 0 Å². The molecule has 0 unspecified atom stereocenters. The molecule has 138 valence electrons. The lowest BCUT2D eigenvalue weighted by Gasteiger charge is -2.11. The number of anilines is 3. The topological polar surface area (TPSA) is 79.8 Å². The van der Waals surface area contributed by atoms with E-state index < -0.39 is 0 Å². The van der Waals surface area contributed by atoms with Crippen LogP contribution >= 0.6 is 0 Å². The third-order valence-corrected chi connectivity index (χ3v) is 4.51. The van der Waals surface area contributed by atoms with E-state index in [4.69, 9.17) is 0 Å². The quantitative estimate of drug-likeness (QED) is 0.548. The van der Waals surface area contributed by atoms with Crippen LogP contribution in [-0.2, 0) is 0 Å². The zero-order chi connectivity index (χ0) is 19.5. The second-order valence-electron chi connectivity index (χ2n) is 6.52. The van der Waals surface area contributed by atoms with E-state index in [1.54, 1.807) is 6.20 Å². The maximum atomic E-state index is 12.5. The summed E-state index contributed by atoms with van der Waals surface area (Å²) < 4.78 is 0. The van der Waals surface area contributed by atoms with Gasteiger partial charge in [0.2, 0.25) is 5.95 Å². The fourth-order valence-electron chi connectivity index (χ4n) is 3.03. The van der Waals surface area contributed by atoms with Crippen LogP contribution in [0.3, 0.4) is 0 Å². The number of carbonyl (C=O) groups excluding carboxylic acids is 1.